The Morgan fingerprint density at radius 1 is 1.07 bits per heavy atom. The number of ether oxygens (including phenoxy) is 1. The highest BCUT2D eigenvalue weighted by Gasteiger charge is 2.30. The summed E-state index contributed by atoms with van der Waals surface area (Å²) in [6.45, 7) is 8.18. The van der Waals surface area contributed by atoms with E-state index in [4.69, 9.17) is 4.74 Å². The van der Waals surface area contributed by atoms with E-state index < -0.39 is 11.7 Å². The molecule has 0 radical (unpaired) electrons. The fourth-order valence-electron chi connectivity index (χ4n) is 2.97. The SMILES string of the molecule is CCN(C)CCc1cc(C)c(Oc2nc(-c3ccc(C(F)(F)F)cc3)ns2)cc1C. The maximum atomic E-state index is 12.7. The Bertz CT molecular complexity index is 1000. The summed E-state index contributed by atoms with van der Waals surface area (Å²) in [6.07, 6.45) is -3.40. The first-order chi connectivity index (χ1) is 14.2. The molecule has 0 bridgehead atoms. The molecule has 3 aromatic rings. The van der Waals surface area contributed by atoms with E-state index in [9.17, 15) is 13.2 Å². The van der Waals surface area contributed by atoms with Gasteiger partial charge >= 0.3 is 6.18 Å². The Morgan fingerprint density at radius 3 is 2.40 bits per heavy atom. The van der Waals surface area contributed by atoms with Crippen LogP contribution in [0.25, 0.3) is 11.4 Å². The average molecular weight is 436 g/mol. The molecule has 3 rings (SSSR count). The highest BCUT2D eigenvalue weighted by molar-refractivity contribution is 7.07. The van der Waals surface area contributed by atoms with E-state index in [1.165, 1.54) is 17.7 Å². The fraction of sp³-hybridized carbons (Fsp3) is 0.364. The number of aryl methyl sites for hydroxylation is 2. The van der Waals surface area contributed by atoms with Crippen LogP contribution in [-0.2, 0) is 12.6 Å². The molecule has 1 aromatic heterocycles. The highest BCUT2D eigenvalue weighted by atomic mass is 32.1. The summed E-state index contributed by atoms with van der Waals surface area (Å²) in [7, 11) is 2.10. The summed E-state index contributed by atoms with van der Waals surface area (Å²) >= 11 is 1.07. The van der Waals surface area contributed by atoms with Gasteiger partial charge in [-0.2, -0.15) is 22.5 Å². The molecular weight excluding hydrogens is 411 g/mol. The first kappa shape index (κ1) is 22.2. The third kappa shape index (κ3) is 5.37. The smallest absolute Gasteiger partial charge is 0.416 e. The van der Waals surface area contributed by atoms with Crippen molar-refractivity contribution in [2.75, 3.05) is 20.1 Å². The molecule has 30 heavy (non-hydrogen) atoms. The van der Waals surface area contributed by atoms with Crippen LogP contribution in [0.5, 0.6) is 10.9 Å². The molecule has 0 spiro atoms. The summed E-state index contributed by atoms with van der Waals surface area (Å²) in [5.74, 6) is 1.05. The largest absolute Gasteiger partial charge is 0.430 e. The quantitative estimate of drug-likeness (QED) is 0.448. The lowest BCUT2D eigenvalue weighted by Gasteiger charge is -2.16. The summed E-state index contributed by atoms with van der Waals surface area (Å²) < 4.78 is 48.3. The van der Waals surface area contributed by atoms with Gasteiger partial charge in [-0.25, -0.2) is 0 Å². The maximum Gasteiger partial charge on any atom is 0.416 e. The number of benzene rings is 2. The molecule has 0 saturated heterocycles. The number of hydrogen-bond acceptors (Lipinski definition) is 5. The van der Waals surface area contributed by atoms with Crippen LogP contribution in [-0.4, -0.2) is 34.4 Å². The Kier molecular flexibility index (Phi) is 6.77. The van der Waals surface area contributed by atoms with Crippen molar-refractivity contribution in [3.63, 3.8) is 0 Å². The molecule has 0 unspecified atom stereocenters. The zero-order chi connectivity index (χ0) is 21.9. The topological polar surface area (TPSA) is 38.2 Å². The predicted octanol–water partition coefficient (Wildman–Crippen LogP) is 6.13. The first-order valence-corrected chi connectivity index (χ1v) is 10.4. The number of nitrogens with zero attached hydrogens (tertiary/aromatic N) is 3. The Labute approximate surface area is 178 Å². The van der Waals surface area contributed by atoms with Crippen LogP contribution in [0.1, 0.15) is 29.2 Å². The predicted molar refractivity (Wildman–Crippen MR) is 113 cm³/mol. The molecule has 0 aliphatic heterocycles. The normalized spacial score (nSPS) is 11.9. The second-order valence-corrected chi connectivity index (χ2v) is 7.97. The molecule has 0 aliphatic rings. The third-order valence-electron chi connectivity index (χ3n) is 5.01. The Balaban J connectivity index is 1.73. The lowest BCUT2D eigenvalue weighted by molar-refractivity contribution is -0.137. The molecule has 0 atom stereocenters. The van der Waals surface area contributed by atoms with Gasteiger partial charge in [0, 0.05) is 23.6 Å². The van der Waals surface area contributed by atoms with Gasteiger partial charge in [-0.3, -0.25) is 0 Å². The molecular formula is C22H24F3N3OS. The van der Waals surface area contributed by atoms with Gasteiger partial charge in [-0.05, 0) is 68.8 Å². The average Bonchev–Trinajstić information content (AvgIpc) is 3.17. The molecule has 0 fully saturated rings. The lowest BCUT2D eigenvalue weighted by Crippen LogP contribution is -2.20. The van der Waals surface area contributed by atoms with Crippen molar-refractivity contribution >= 4 is 11.5 Å². The number of alkyl halides is 3. The van der Waals surface area contributed by atoms with Gasteiger partial charge in [0.1, 0.15) is 5.75 Å². The second kappa shape index (κ2) is 9.14. The summed E-state index contributed by atoms with van der Waals surface area (Å²) in [4.78, 5) is 6.60. The van der Waals surface area contributed by atoms with Gasteiger partial charge in [-0.15, -0.1) is 0 Å². The minimum absolute atomic E-state index is 0.345. The van der Waals surface area contributed by atoms with Gasteiger partial charge in [0.2, 0.25) is 0 Å². The number of likely N-dealkylation sites (N-methyl/N-ethyl adjacent to an activating group) is 1. The van der Waals surface area contributed by atoms with Gasteiger partial charge in [-0.1, -0.05) is 25.1 Å². The van der Waals surface area contributed by atoms with Gasteiger partial charge < -0.3 is 9.64 Å². The standard InChI is InChI=1S/C22H24F3N3OS/c1-5-28(4)11-10-17-12-15(3)19(13-14(17)2)29-21-26-20(27-30-21)16-6-8-18(9-7-16)22(23,24)25/h6-9,12-13H,5,10-11H2,1-4H3. The van der Waals surface area contributed by atoms with Gasteiger partial charge in [0.05, 0.1) is 5.56 Å². The fourth-order valence-corrected chi connectivity index (χ4v) is 3.53. The van der Waals surface area contributed by atoms with E-state index in [-0.39, 0.29) is 0 Å². The van der Waals surface area contributed by atoms with Crippen LogP contribution < -0.4 is 4.74 Å². The first-order valence-electron chi connectivity index (χ1n) is 9.65. The van der Waals surface area contributed by atoms with Crippen molar-refractivity contribution in [1.82, 2.24) is 14.3 Å². The monoisotopic (exact) mass is 435 g/mol. The van der Waals surface area contributed by atoms with Crippen molar-refractivity contribution in [3.8, 4) is 22.3 Å². The number of halogens is 3. The third-order valence-corrected chi connectivity index (χ3v) is 5.61. The number of rotatable bonds is 7. The lowest BCUT2D eigenvalue weighted by atomic mass is 10.0. The van der Waals surface area contributed by atoms with Crippen LogP contribution in [0, 0.1) is 13.8 Å². The minimum Gasteiger partial charge on any atom is -0.430 e. The molecule has 0 saturated carbocycles. The van der Waals surface area contributed by atoms with Gasteiger partial charge in [0.25, 0.3) is 5.19 Å². The summed E-state index contributed by atoms with van der Waals surface area (Å²) in [5, 5.41) is 0.353. The van der Waals surface area contributed by atoms with E-state index >= 15 is 0 Å². The van der Waals surface area contributed by atoms with Gasteiger partial charge in [0.15, 0.2) is 5.82 Å². The Hall–Kier alpha value is -2.45. The molecule has 160 valence electrons. The molecule has 0 N–H and O–H groups in total. The van der Waals surface area contributed by atoms with Crippen LogP contribution in [0.4, 0.5) is 13.2 Å². The highest BCUT2D eigenvalue weighted by Crippen LogP contribution is 2.33. The van der Waals surface area contributed by atoms with Crippen molar-refractivity contribution in [3.05, 3.63) is 58.7 Å². The van der Waals surface area contributed by atoms with E-state index in [0.29, 0.717) is 22.3 Å². The summed E-state index contributed by atoms with van der Waals surface area (Å²) in [6, 6.07) is 8.91. The van der Waals surface area contributed by atoms with Crippen LogP contribution in [0.3, 0.4) is 0 Å². The zero-order valence-electron chi connectivity index (χ0n) is 17.4. The minimum atomic E-state index is -4.37. The van der Waals surface area contributed by atoms with Crippen molar-refractivity contribution < 1.29 is 17.9 Å². The van der Waals surface area contributed by atoms with E-state index in [0.717, 1.165) is 54.3 Å². The van der Waals surface area contributed by atoms with Crippen LogP contribution in [0.2, 0.25) is 0 Å². The van der Waals surface area contributed by atoms with E-state index in [1.54, 1.807) is 0 Å². The van der Waals surface area contributed by atoms with E-state index in [1.807, 2.05) is 13.0 Å². The molecule has 0 amide bonds. The number of hydrogen-bond donors (Lipinski definition) is 0. The Morgan fingerprint density at radius 2 is 1.77 bits per heavy atom. The van der Waals surface area contributed by atoms with Crippen molar-refractivity contribution in [2.45, 2.75) is 33.4 Å². The molecule has 4 nitrogen and oxygen atoms in total. The number of aromatic nitrogens is 2. The van der Waals surface area contributed by atoms with Crippen LogP contribution in [0.15, 0.2) is 36.4 Å². The molecule has 0 aliphatic carbocycles. The molecule has 8 heteroatoms. The second-order valence-electron chi connectivity index (χ2n) is 7.25. The van der Waals surface area contributed by atoms with Crippen molar-refractivity contribution in [2.24, 2.45) is 0 Å². The molecule has 1 heterocycles. The van der Waals surface area contributed by atoms with Crippen molar-refractivity contribution in [1.29, 1.82) is 0 Å². The zero-order valence-corrected chi connectivity index (χ0v) is 18.2. The molecule has 2 aromatic carbocycles. The van der Waals surface area contributed by atoms with E-state index in [2.05, 4.69) is 41.2 Å². The van der Waals surface area contributed by atoms with Crippen LogP contribution >= 0.6 is 11.5 Å². The maximum absolute atomic E-state index is 12.7. The summed E-state index contributed by atoms with van der Waals surface area (Å²) in [5.41, 5.74) is 3.24.